The van der Waals surface area contributed by atoms with Crippen LogP contribution in [-0.2, 0) is 9.53 Å². The van der Waals surface area contributed by atoms with E-state index >= 15 is 0 Å². The van der Waals surface area contributed by atoms with Gasteiger partial charge < -0.3 is 14.3 Å². The number of carbonyl (C=O) groups is 1. The lowest BCUT2D eigenvalue weighted by atomic mass is 9.70. The molecule has 3 atom stereocenters. The molecule has 0 bridgehead atoms. The van der Waals surface area contributed by atoms with Crippen LogP contribution in [0.4, 0.5) is 0 Å². The zero-order chi connectivity index (χ0) is 18.2. The lowest BCUT2D eigenvalue weighted by molar-refractivity contribution is -0.157. The summed E-state index contributed by atoms with van der Waals surface area (Å²) in [5.74, 6) is -0.962. The molecular formula is C20H28O4. The topological polar surface area (TPSA) is 59.7 Å². The molecule has 0 aromatic carbocycles. The average Bonchev–Trinajstić information content (AvgIpc) is 3.07. The lowest BCUT2D eigenvalue weighted by Crippen LogP contribution is -2.38. The molecule has 24 heavy (non-hydrogen) atoms. The van der Waals surface area contributed by atoms with Crippen molar-refractivity contribution in [1.29, 1.82) is 0 Å². The number of allylic oxidation sites excluding steroid dienone is 3. The Morgan fingerprint density at radius 1 is 1.46 bits per heavy atom. The van der Waals surface area contributed by atoms with Crippen LogP contribution in [0.1, 0.15) is 45.5 Å². The molecule has 0 aliphatic heterocycles. The molecule has 132 valence electrons. The van der Waals surface area contributed by atoms with Crippen LogP contribution in [0.3, 0.4) is 0 Å². The molecule has 0 saturated heterocycles. The Morgan fingerprint density at radius 2 is 2.17 bits per heavy atom. The molecule has 4 nitrogen and oxygen atoms in total. The third kappa shape index (κ3) is 5.24. The third-order valence-corrected chi connectivity index (χ3v) is 4.16. The second-order valence-electron chi connectivity index (χ2n) is 6.39. The van der Waals surface area contributed by atoms with Crippen LogP contribution in [0, 0.1) is 11.3 Å². The molecule has 0 unspecified atom stereocenters. The zero-order valence-corrected chi connectivity index (χ0v) is 14.8. The van der Waals surface area contributed by atoms with Gasteiger partial charge in [0.25, 0.3) is 0 Å². The highest BCUT2D eigenvalue weighted by Crippen LogP contribution is 2.42. The minimum Gasteiger partial charge on any atom is -0.467 e. The van der Waals surface area contributed by atoms with Gasteiger partial charge in [-0.15, -0.1) is 6.58 Å². The fraction of sp³-hybridized carbons (Fsp3) is 0.450. The van der Waals surface area contributed by atoms with Crippen LogP contribution in [0.25, 0.3) is 0 Å². The summed E-state index contributed by atoms with van der Waals surface area (Å²) in [4.78, 5) is 12.6. The van der Waals surface area contributed by atoms with E-state index in [4.69, 9.17) is 9.15 Å². The van der Waals surface area contributed by atoms with E-state index in [2.05, 4.69) is 19.2 Å². The third-order valence-electron chi connectivity index (χ3n) is 4.16. The highest BCUT2D eigenvalue weighted by molar-refractivity contribution is 5.75. The minimum atomic E-state index is -1.10. The molecule has 0 fully saturated rings. The molecule has 0 saturated carbocycles. The maximum absolute atomic E-state index is 12.6. The second-order valence-corrected chi connectivity index (χ2v) is 6.39. The Hall–Kier alpha value is -2.07. The summed E-state index contributed by atoms with van der Waals surface area (Å²) in [5, 5.41) is 10.7. The van der Waals surface area contributed by atoms with Gasteiger partial charge in [0, 0.05) is 5.41 Å². The van der Waals surface area contributed by atoms with E-state index in [1.807, 2.05) is 20.8 Å². The van der Waals surface area contributed by atoms with Crippen molar-refractivity contribution in [3.05, 3.63) is 61.1 Å². The molecular weight excluding hydrogens is 304 g/mol. The number of ether oxygens (including phenoxy) is 1. The van der Waals surface area contributed by atoms with Crippen LogP contribution in [-0.4, -0.2) is 17.7 Å². The van der Waals surface area contributed by atoms with Gasteiger partial charge in [-0.3, -0.25) is 4.79 Å². The first-order valence-electron chi connectivity index (χ1n) is 8.11. The Bertz CT molecular complexity index is 566. The van der Waals surface area contributed by atoms with Crippen molar-refractivity contribution in [2.75, 3.05) is 6.61 Å². The molecule has 0 aliphatic carbocycles. The summed E-state index contributed by atoms with van der Waals surface area (Å²) in [6.45, 7) is 13.5. The minimum absolute atomic E-state index is 0.0986. The zero-order valence-electron chi connectivity index (χ0n) is 14.8. The van der Waals surface area contributed by atoms with E-state index in [-0.39, 0.29) is 6.61 Å². The largest absolute Gasteiger partial charge is 0.467 e. The van der Waals surface area contributed by atoms with Gasteiger partial charge in [-0.2, -0.15) is 0 Å². The summed E-state index contributed by atoms with van der Waals surface area (Å²) in [6, 6.07) is 3.33. The van der Waals surface area contributed by atoms with E-state index in [0.717, 1.165) is 6.42 Å². The number of esters is 1. The van der Waals surface area contributed by atoms with Crippen LogP contribution in [0.2, 0.25) is 0 Å². The summed E-state index contributed by atoms with van der Waals surface area (Å²) < 4.78 is 10.5. The Morgan fingerprint density at radius 3 is 2.67 bits per heavy atom. The number of rotatable bonds is 10. The summed E-state index contributed by atoms with van der Waals surface area (Å²) in [6.07, 6.45) is 7.13. The number of carbonyl (C=O) groups excluding carboxylic acids is 1. The van der Waals surface area contributed by atoms with E-state index < -0.39 is 23.4 Å². The summed E-state index contributed by atoms with van der Waals surface area (Å²) in [7, 11) is 0. The van der Waals surface area contributed by atoms with E-state index in [1.165, 1.54) is 17.9 Å². The smallest absolute Gasteiger partial charge is 0.313 e. The van der Waals surface area contributed by atoms with E-state index in [9.17, 15) is 9.90 Å². The lowest BCUT2D eigenvalue weighted by Gasteiger charge is -2.35. The van der Waals surface area contributed by atoms with Crippen molar-refractivity contribution in [3.8, 4) is 0 Å². The quantitative estimate of drug-likeness (QED) is 0.502. The van der Waals surface area contributed by atoms with Gasteiger partial charge in [-0.1, -0.05) is 37.3 Å². The van der Waals surface area contributed by atoms with Crippen LogP contribution in [0.15, 0.2) is 59.8 Å². The fourth-order valence-corrected chi connectivity index (χ4v) is 2.67. The molecule has 1 aromatic rings. The van der Waals surface area contributed by atoms with Crippen molar-refractivity contribution in [2.45, 2.75) is 39.7 Å². The molecule has 0 aliphatic rings. The molecule has 1 rings (SSSR count). The summed E-state index contributed by atoms with van der Waals surface area (Å²) in [5.41, 5.74) is 0.565. The van der Waals surface area contributed by atoms with E-state index in [0.29, 0.717) is 12.2 Å². The molecule has 1 aromatic heterocycles. The number of furan rings is 1. The number of hydrogen-bond acceptors (Lipinski definition) is 4. The second kappa shape index (κ2) is 9.28. The SMILES string of the molecule is C=CCOC(=O)[C@H]([C@H](O)c1ccco1)[C@](C)(C=C)CCC=C(C)C. The molecule has 0 amide bonds. The van der Waals surface area contributed by atoms with Crippen molar-refractivity contribution in [2.24, 2.45) is 11.3 Å². The van der Waals surface area contributed by atoms with Crippen molar-refractivity contribution in [3.63, 3.8) is 0 Å². The molecule has 1 heterocycles. The van der Waals surface area contributed by atoms with Crippen molar-refractivity contribution >= 4 is 5.97 Å². The van der Waals surface area contributed by atoms with Gasteiger partial charge in [0.1, 0.15) is 18.5 Å². The monoisotopic (exact) mass is 332 g/mol. The first-order valence-corrected chi connectivity index (χ1v) is 8.11. The van der Waals surface area contributed by atoms with Crippen molar-refractivity contribution < 1.29 is 19.1 Å². The molecule has 0 radical (unpaired) electrons. The van der Waals surface area contributed by atoms with Gasteiger partial charge in [0.15, 0.2) is 0 Å². The predicted octanol–water partition coefficient (Wildman–Crippen LogP) is 4.60. The number of aliphatic hydroxyl groups excluding tert-OH is 1. The first-order chi connectivity index (χ1) is 11.4. The van der Waals surface area contributed by atoms with E-state index in [1.54, 1.807) is 18.2 Å². The molecule has 4 heteroatoms. The van der Waals surface area contributed by atoms with Crippen LogP contribution < -0.4 is 0 Å². The predicted molar refractivity (Wildman–Crippen MR) is 95.3 cm³/mol. The van der Waals surface area contributed by atoms with Gasteiger partial charge in [0.05, 0.1) is 12.2 Å². The van der Waals surface area contributed by atoms with Gasteiger partial charge >= 0.3 is 5.97 Å². The van der Waals surface area contributed by atoms with Crippen LogP contribution in [0.5, 0.6) is 0 Å². The number of hydrogen-bond donors (Lipinski definition) is 1. The highest BCUT2D eigenvalue weighted by atomic mass is 16.5. The van der Waals surface area contributed by atoms with Gasteiger partial charge in [-0.05, 0) is 38.8 Å². The molecule has 1 N–H and O–H groups in total. The maximum Gasteiger partial charge on any atom is 0.313 e. The van der Waals surface area contributed by atoms with Crippen molar-refractivity contribution in [1.82, 2.24) is 0 Å². The highest BCUT2D eigenvalue weighted by Gasteiger charge is 2.44. The van der Waals surface area contributed by atoms with Crippen LogP contribution >= 0.6 is 0 Å². The van der Waals surface area contributed by atoms with Gasteiger partial charge in [0.2, 0.25) is 0 Å². The number of aliphatic hydroxyl groups is 1. The Balaban J connectivity index is 3.12. The Kier molecular flexibility index (Phi) is 7.72. The van der Waals surface area contributed by atoms with Gasteiger partial charge in [-0.25, -0.2) is 0 Å². The molecule has 0 spiro atoms. The summed E-state index contributed by atoms with van der Waals surface area (Å²) >= 11 is 0. The average molecular weight is 332 g/mol. The maximum atomic E-state index is 12.6. The first kappa shape index (κ1) is 20.0. The fourth-order valence-electron chi connectivity index (χ4n) is 2.67. The Labute approximate surface area is 144 Å². The normalized spacial score (nSPS) is 15.7. The standard InChI is InChI=1S/C20H28O4/c1-6-13-24-19(22)17(18(21)16-11-9-14-23-16)20(5,7-2)12-8-10-15(3)4/h6-7,9-11,14,17-18,21H,1-2,8,12-13H2,3-5H3/t17-,18+,20+/m0/s1.